The van der Waals surface area contributed by atoms with Gasteiger partial charge >= 0.3 is 151 Å². The molecule has 0 aliphatic heterocycles. The van der Waals surface area contributed by atoms with Gasteiger partial charge in [-0.3, -0.25) is 14.4 Å². The number of nitrogens with two attached hydrogens (primary N) is 1. The second kappa shape index (κ2) is 21.9. The number of hydrogen-bond acceptors (Lipinski definition) is 9. The van der Waals surface area contributed by atoms with Gasteiger partial charge in [0.15, 0.2) is 0 Å². The maximum atomic E-state index is 12.9. The zero-order chi connectivity index (χ0) is 38.0. The molecule has 1 aromatic heterocycles. The van der Waals surface area contributed by atoms with E-state index in [1.807, 2.05) is 38.1 Å². The Kier molecular flexibility index (Phi) is 17.7. The van der Waals surface area contributed by atoms with Gasteiger partial charge in [0.1, 0.15) is 18.1 Å². The third-order valence-corrected chi connectivity index (χ3v) is 10.2. The van der Waals surface area contributed by atoms with Crippen molar-refractivity contribution in [1.82, 2.24) is 24.8 Å². The van der Waals surface area contributed by atoms with Gasteiger partial charge in [0.05, 0.1) is 6.61 Å². The number of rotatable bonds is 23. The van der Waals surface area contributed by atoms with Crippen LogP contribution >= 0.6 is 0 Å². The van der Waals surface area contributed by atoms with Gasteiger partial charge < -0.3 is 31.5 Å². The van der Waals surface area contributed by atoms with Crippen LogP contribution in [0.15, 0.2) is 53.3 Å². The average molecular weight is 790 g/mol. The van der Waals surface area contributed by atoms with E-state index >= 15 is 0 Å². The molecule has 0 aliphatic rings. The van der Waals surface area contributed by atoms with Crippen LogP contribution in [0.4, 0.5) is 0 Å². The van der Waals surface area contributed by atoms with Gasteiger partial charge in [-0.1, -0.05) is 13.8 Å². The van der Waals surface area contributed by atoms with Crippen LogP contribution in [0.3, 0.4) is 0 Å². The molecule has 0 spiro atoms. The van der Waals surface area contributed by atoms with Crippen molar-refractivity contribution in [3.8, 4) is 5.69 Å². The molecule has 3 aromatic rings. The predicted molar refractivity (Wildman–Crippen MR) is 197 cm³/mol. The number of benzene rings is 2. The van der Waals surface area contributed by atoms with Crippen molar-refractivity contribution in [3.63, 3.8) is 0 Å². The SMILES string of the molecule is CC(C)C[C@H](NC(=O)[C@H](CCCCN)NC(=O)[C@H](C)NC(=O)CCOCCOCCNC(=O)c1ccc(-n2[se]c3ccccc3c2=O)cc1)C(=O)O. The Morgan fingerprint density at radius 3 is 2.17 bits per heavy atom. The van der Waals surface area contributed by atoms with E-state index in [1.54, 1.807) is 27.8 Å². The summed E-state index contributed by atoms with van der Waals surface area (Å²) >= 11 is -0.149. The minimum Gasteiger partial charge on any atom is -0.480 e. The number of carbonyl (C=O) groups is 5. The minimum atomic E-state index is -1.16. The molecular weight excluding hydrogens is 739 g/mol. The second-order valence-electron chi connectivity index (χ2n) is 12.6. The molecule has 284 valence electrons. The molecule has 4 amide bonds. The Labute approximate surface area is 309 Å². The van der Waals surface area contributed by atoms with E-state index in [9.17, 15) is 33.9 Å². The summed E-state index contributed by atoms with van der Waals surface area (Å²) in [6.07, 6.45) is 1.66. The fraction of sp³-hybridized carbons (Fsp3) is 0.500. The summed E-state index contributed by atoms with van der Waals surface area (Å²) in [4.78, 5) is 75.0. The standard InChI is InChI=1S/C36H50N6O9Se/c1-23(2)22-29(36(48)49)41-34(46)28(9-6-7-16-37)40-32(44)24(3)39-31(43)15-18-50-20-21-51-19-17-38-33(45)25-11-13-26(14-12-25)42-35(47)27-8-4-5-10-30(27)52-42/h4-5,8,10-14,23-24,28-29H,6-7,9,15-22,37H2,1-3H3,(H,38,45)(H,39,43)(H,40,44)(H,41,46)(H,48,49)/t24-,28-,29-/m0/s1. The number of unbranched alkanes of at least 4 members (excludes halogenated alkanes) is 1. The smallest absolute Gasteiger partial charge is 0.326 e. The van der Waals surface area contributed by atoms with Crippen LogP contribution < -0.4 is 32.6 Å². The summed E-state index contributed by atoms with van der Waals surface area (Å²) in [5.41, 5.74) is 6.74. The first kappa shape index (κ1) is 42.1. The monoisotopic (exact) mass is 790 g/mol. The number of nitrogens with zero attached hydrogens (tertiary/aromatic N) is 1. The summed E-state index contributed by atoms with van der Waals surface area (Å²) in [5.74, 6) is -3.00. The number of carboxylic acids is 1. The van der Waals surface area contributed by atoms with Crippen molar-refractivity contribution in [2.45, 2.75) is 71.0 Å². The van der Waals surface area contributed by atoms with Gasteiger partial charge in [0.2, 0.25) is 17.7 Å². The Balaban J connectivity index is 1.30. The number of nitrogens with one attached hydrogen (secondary N) is 4. The number of ether oxygens (including phenoxy) is 2. The van der Waals surface area contributed by atoms with Crippen molar-refractivity contribution in [2.24, 2.45) is 11.7 Å². The topological polar surface area (TPSA) is 220 Å². The van der Waals surface area contributed by atoms with Gasteiger partial charge in [-0.15, -0.1) is 0 Å². The van der Waals surface area contributed by atoms with Gasteiger partial charge in [-0.05, 0) is 45.1 Å². The van der Waals surface area contributed by atoms with Gasteiger partial charge in [0.25, 0.3) is 0 Å². The summed E-state index contributed by atoms with van der Waals surface area (Å²) in [5, 5.41) is 20.7. The third-order valence-electron chi connectivity index (χ3n) is 7.91. The average Bonchev–Trinajstić information content (AvgIpc) is 3.45. The molecule has 0 saturated carbocycles. The van der Waals surface area contributed by atoms with E-state index in [0.717, 1.165) is 9.95 Å². The number of carbonyl (C=O) groups excluding carboxylic acids is 4. The van der Waals surface area contributed by atoms with E-state index in [4.69, 9.17) is 15.2 Å². The Morgan fingerprint density at radius 1 is 0.846 bits per heavy atom. The van der Waals surface area contributed by atoms with Crippen LogP contribution in [0.5, 0.6) is 0 Å². The minimum absolute atomic E-state index is 0.0117. The maximum absolute atomic E-state index is 12.9. The zero-order valence-corrected chi connectivity index (χ0v) is 31.6. The van der Waals surface area contributed by atoms with Crippen LogP contribution in [0.25, 0.3) is 15.3 Å². The molecule has 7 N–H and O–H groups in total. The molecule has 0 radical (unpaired) electrons. The zero-order valence-electron chi connectivity index (χ0n) is 29.9. The first-order chi connectivity index (χ1) is 24.9. The second-order valence-corrected chi connectivity index (χ2v) is 14.7. The Bertz CT molecular complexity index is 1690. The van der Waals surface area contributed by atoms with E-state index in [-0.39, 0.29) is 84.4 Å². The van der Waals surface area contributed by atoms with Crippen LogP contribution in [0.2, 0.25) is 0 Å². The number of fused-ring (bicyclic) bond motifs is 1. The first-order valence-corrected chi connectivity index (χ1v) is 19.0. The number of aliphatic carboxylic acids is 1. The quantitative estimate of drug-likeness (QED) is 0.0590. The van der Waals surface area contributed by atoms with E-state index in [1.165, 1.54) is 6.92 Å². The normalized spacial score (nSPS) is 12.9. The van der Waals surface area contributed by atoms with Crippen LogP contribution in [0.1, 0.15) is 63.2 Å². The third kappa shape index (κ3) is 13.7. The molecule has 52 heavy (non-hydrogen) atoms. The Morgan fingerprint density at radius 2 is 1.52 bits per heavy atom. The van der Waals surface area contributed by atoms with Crippen molar-refractivity contribution in [3.05, 3.63) is 64.4 Å². The summed E-state index contributed by atoms with van der Waals surface area (Å²) < 4.78 is 13.7. The summed E-state index contributed by atoms with van der Waals surface area (Å²) in [7, 11) is 0. The van der Waals surface area contributed by atoms with Crippen molar-refractivity contribution >= 4 is 54.0 Å². The molecule has 0 unspecified atom stereocenters. The number of carboxylic acid groups (broad SMARTS) is 1. The van der Waals surface area contributed by atoms with Crippen LogP contribution in [-0.2, 0) is 28.7 Å². The van der Waals surface area contributed by atoms with E-state index in [2.05, 4.69) is 21.3 Å². The van der Waals surface area contributed by atoms with E-state index < -0.39 is 41.8 Å². The fourth-order valence-corrected chi connectivity index (χ4v) is 7.21. The van der Waals surface area contributed by atoms with Crippen LogP contribution in [-0.4, -0.2) is 111 Å². The number of hydrogen-bond donors (Lipinski definition) is 6. The largest absolute Gasteiger partial charge is 0.480 e. The molecule has 15 nitrogen and oxygen atoms in total. The summed E-state index contributed by atoms with van der Waals surface area (Å²) in [6.45, 7) is 6.66. The Hall–Kier alpha value is -4.34. The predicted octanol–water partition coefficient (Wildman–Crippen LogP) is 0.935. The van der Waals surface area contributed by atoms with Crippen molar-refractivity contribution < 1.29 is 38.6 Å². The molecular formula is C36H50N6O9Se. The molecule has 2 aromatic carbocycles. The maximum Gasteiger partial charge on any atom is 0.326 e. The van der Waals surface area contributed by atoms with Crippen molar-refractivity contribution in [2.75, 3.05) is 39.5 Å². The number of aromatic nitrogens is 1. The molecule has 0 aliphatic carbocycles. The molecule has 3 rings (SSSR count). The molecule has 1 heterocycles. The van der Waals surface area contributed by atoms with Crippen molar-refractivity contribution in [1.29, 1.82) is 0 Å². The van der Waals surface area contributed by atoms with Gasteiger partial charge in [0, 0.05) is 6.42 Å². The molecule has 0 saturated heterocycles. The molecule has 0 fully saturated rings. The van der Waals surface area contributed by atoms with Crippen LogP contribution in [0, 0.1) is 5.92 Å². The first-order valence-electron chi connectivity index (χ1n) is 17.4. The molecule has 16 heteroatoms. The molecule has 3 atom stereocenters. The summed E-state index contributed by atoms with van der Waals surface area (Å²) in [6, 6.07) is 11.4. The fourth-order valence-electron chi connectivity index (χ4n) is 5.12. The number of amides is 4. The van der Waals surface area contributed by atoms with Gasteiger partial charge in [-0.25, -0.2) is 4.79 Å². The molecule has 0 bridgehead atoms. The van der Waals surface area contributed by atoms with E-state index in [0.29, 0.717) is 30.3 Å². The van der Waals surface area contributed by atoms with Gasteiger partial charge in [-0.2, -0.15) is 0 Å².